The van der Waals surface area contributed by atoms with Crippen LogP contribution in [0.5, 0.6) is 0 Å². The molecule has 2 aromatic rings. The quantitative estimate of drug-likeness (QED) is 0.180. The number of likely N-dealkylation sites (N-methyl/N-ethyl adjacent to an activating group) is 1. The smallest absolute Gasteiger partial charge is 0.425 e. The number of aliphatic hydroxyl groups excluding tert-OH is 1. The number of hydrogen-bond acceptors (Lipinski definition) is 12. The van der Waals surface area contributed by atoms with Crippen molar-refractivity contribution in [3.05, 3.63) is 36.5 Å². The summed E-state index contributed by atoms with van der Waals surface area (Å²) in [6, 6.07) is 8.40. The van der Waals surface area contributed by atoms with Crippen molar-refractivity contribution in [2.24, 2.45) is 17.8 Å². The third-order valence-electron chi connectivity index (χ3n) is 12.5. The number of ketones is 1. The molecule has 4 heterocycles. The van der Waals surface area contributed by atoms with Crippen LogP contribution in [0, 0.1) is 17.8 Å². The van der Waals surface area contributed by atoms with Crippen molar-refractivity contribution in [2.75, 3.05) is 27.7 Å². The summed E-state index contributed by atoms with van der Waals surface area (Å²) in [5.41, 5.74) is 1.67. The molecule has 3 aliphatic rings. The van der Waals surface area contributed by atoms with Gasteiger partial charge in [0.1, 0.15) is 24.2 Å². The number of rotatable bonds is 10. The van der Waals surface area contributed by atoms with Gasteiger partial charge in [-0.2, -0.15) is 0 Å². The van der Waals surface area contributed by atoms with Crippen molar-refractivity contribution in [1.29, 1.82) is 0 Å². The van der Waals surface area contributed by atoms with E-state index in [1.165, 1.54) is 19.0 Å². The highest BCUT2D eigenvalue weighted by Gasteiger charge is 2.59. The van der Waals surface area contributed by atoms with Crippen LogP contribution in [0.25, 0.3) is 10.9 Å². The van der Waals surface area contributed by atoms with E-state index in [1.807, 2.05) is 51.2 Å². The fourth-order valence-corrected chi connectivity index (χ4v) is 9.15. The van der Waals surface area contributed by atoms with E-state index in [2.05, 4.69) is 33.5 Å². The number of hydrogen-bond donors (Lipinski definition) is 3. The lowest BCUT2D eigenvalue weighted by Gasteiger charge is -2.46. The van der Waals surface area contributed by atoms with Gasteiger partial charge in [-0.25, -0.2) is 15.2 Å². The number of fused-ring (bicyclic) bond motifs is 2. The SMILES string of the molecule is CC[C@H]1OC(=O)[C@H](C)C(=O)[C@H](C)[C@@H](O[C@@H]2O[C@H](C)C[C@H](N(C)C)[C@H]2O)[C@@](C)(OC)C[C@@H](C)C(=O)NC(C)[C@H]2N(NCCCn3ccc4ccccc43)C(=O)O[C@]12C. The third kappa shape index (κ3) is 9.18. The van der Waals surface area contributed by atoms with Crippen LogP contribution in [-0.4, -0.2) is 131 Å². The topological polar surface area (TPSA) is 170 Å². The normalized spacial score (nSPS) is 37.4. The number of benzene rings is 1. The molecule has 3 saturated heterocycles. The van der Waals surface area contributed by atoms with Gasteiger partial charge in [-0.3, -0.25) is 14.4 Å². The number of ether oxygens (including phenoxy) is 5. The van der Waals surface area contributed by atoms with E-state index in [0.29, 0.717) is 25.9 Å². The van der Waals surface area contributed by atoms with Gasteiger partial charge < -0.3 is 43.6 Å². The number of nitrogens with one attached hydrogen (secondary N) is 2. The Balaban J connectivity index is 1.44. The molecule has 1 aromatic carbocycles. The number of carbonyl (C=O) groups excluding carboxylic acids is 4. The molecule has 3 aliphatic heterocycles. The highest BCUT2D eigenvalue weighted by Crippen LogP contribution is 2.39. The average Bonchev–Trinajstić information content (AvgIpc) is 3.70. The lowest BCUT2D eigenvalue weighted by atomic mass is 9.78. The summed E-state index contributed by atoms with van der Waals surface area (Å²) in [6.07, 6.45) is -1.51. The lowest BCUT2D eigenvalue weighted by Crippen LogP contribution is -2.63. The first kappa shape index (κ1) is 44.5. The molecule has 318 valence electrons. The first-order valence-corrected chi connectivity index (χ1v) is 20.4. The number of carbonyl (C=O) groups is 4. The van der Waals surface area contributed by atoms with E-state index in [1.54, 1.807) is 34.6 Å². The monoisotopic (exact) mass is 799 g/mol. The molecule has 0 spiro atoms. The van der Waals surface area contributed by atoms with Crippen LogP contribution in [0.15, 0.2) is 36.5 Å². The molecule has 2 amide bonds. The Labute approximate surface area is 337 Å². The molecule has 5 rings (SSSR count). The second-order valence-corrected chi connectivity index (χ2v) is 17.0. The largest absolute Gasteiger partial charge is 0.457 e. The average molecular weight is 800 g/mol. The molecular formula is C42H65N5O10. The number of Topliss-reactive ketones (excluding diaryl/α,β-unsaturated/α-hetero) is 1. The fourth-order valence-electron chi connectivity index (χ4n) is 9.15. The highest BCUT2D eigenvalue weighted by atomic mass is 16.7. The molecule has 0 aliphatic carbocycles. The highest BCUT2D eigenvalue weighted by molar-refractivity contribution is 6.00. The number of methoxy groups -OCH3 is 1. The number of amides is 2. The van der Waals surface area contributed by atoms with E-state index in [9.17, 15) is 24.3 Å². The van der Waals surface area contributed by atoms with Crippen LogP contribution in [0.3, 0.4) is 0 Å². The number of aromatic nitrogens is 1. The van der Waals surface area contributed by atoms with Gasteiger partial charge in [0.2, 0.25) is 5.91 Å². The Morgan fingerprint density at radius 1 is 1.05 bits per heavy atom. The minimum Gasteiger partial charge on any atom is -0.457 e. The maximum atomic E-state index is 14.3. The van der Waals surface area contributed by atoms with Gasteiger partial charge in [0.25, 0.3) is 0 Å². The van der Waals surface area contributed by atoms with Crippen LogP contribution in [0.2, 0.25) is 0 Å². The van der Waals surface area contributed by atoms with Crippen LogP contribution in [-0.2, 0) is 44.6 Å². The summed E-state index contributed by atoms with van der Waals surface area (Å²) in [4.78, 5) is 58.1. The third-order valence-corrected chi connectivity index (χ3v) is 12.5. The zero-order chi connectivity index (χ0) is 42.0. The minimum atomic E-state index is -1.42. The first-order chi connectivity index (χ1) is 26.9. The summed E-state index contributed by atoms with van der Waals surface area (Å²) in [6.45, 7) is 15.0. The van der Waals surface area contributed by atoms with Crippen LogP contribution in [0.4, 0.5) is 4.79 Å². The van der Waals surface area contributed by atoms with Crippen LogP contribution < -0.4 is 10.7 Å². The molecule has 57 heavy (non-hydrogen) atoms. The van der Waals surface area contributed by atoms with Gasteiger partial charge >= 0.3 is 12.1 Å². The number of hydrazine groups is 1. The molecule has 0 bridgehead atoms. The van der Waals surface area contributed by atoms with Crippen molar-refractivity contribution in [3.63, 3.8) is 0 Å². The molecule has 15 nitrogen and oxygen atoms in total. The maximum absolute atomic E-state index is 14.3. The molecule has 0 saturated carbocycles. The van der Waals surface area contributed by atoms with Gasteiger partial charge in [0.05, 0.1) is 23.9 Å². The molecule has 15 heteroatoms. The summed E-state index contributed by atoms with van der Waals surface area (Å²) in [5.74, 6) is -4.48. The summed E-state index contributed by atoms with van der Waals surface area (Å²) in [7, 11) is 5.22. The standard InChI is InChI=1S/C42H65N5O10/c1-12-32-42(8)35(47(40(52)57-42)43-19-15-20-46-21-18-29-16-13-14-17-30(29)46)28(6)44-37(50)24(2)23-41(7,53-11)36(26(4)33(48)27(5)38(51)55-32)56-39-34(49)31(45(9)10)22-25(3)54-39/h13-14,16-18,21,24-28,31-32,34-36,39,43,49H,12,15,19-20,22-23H2,1-11H3,(H,44,50)/t24-,25-,26+,27-,28?,31+,32-,34-,35-,36-,39+,41+,42-/m1/s1. The maximum Gasteiger partial charge on any atom is 0.425 e. The number of esters is 1. The van der Waals surface area contributed by atoms with Crippen molar-refractivity contribution < 1.29 is 48.0 Å². The zero-order valence-corrected chi connectivity index (χ0v) is 35.5. The molecule has 0 radical (unpaired) electrons. The Morgan fingerprint density at radius 2 is 1.75 bits per heavy atom. The Kier molecular flexibility index (Phi) is 14.1. The van der Waals surface area contributed by atoms with Gasteiger partial charge in [-0.1, -0.05) is 39.0 Å². The van der Waals surface area contributed by atoms with Crippen LogP contribution >= 0.6 is 0 Å². The fraction of sp³-hybridized carbons (Fsp3) is 0.714. The molecule has 3 fully saturated rings. The van der Waals surface area contributed by atoms with Crippen molar-refractivity contribution in [3.8, 4) is 0 Å². The van der Waals surface area contributed by atoms with Crippen molar-refractivity contribution in [1.82, 2.24) is 25.2 Å². The lowest BCUT2D eigenvalue weighted by molar-refractivity contribution is -0.295. The predicted molar refractivity (Wildman–Crippen MR) is 213 cm³/mol. The van der Waals surface area contributed by atoms with Crippen LogP contribution in [0.1, 0.15) is 81.1 Å². The number of para-hydroxylation sites is 1. The number of cyclic esters (lactones) is 1. The molecule has 3 N–H and O–H groups in total. The van der Waals surface area contributed by atoms with E-state index in [4.69, 9.17) is 23.7 Å². The second kappa shape index (κ2) is 18.1. The summed E-state index contributed by atoms with van der Waals surface area (Å²) >= 11 is 0. The number of nitrogens with zero attached hydrogens (tertiary/aromatic N) is 3. The van der Waals surface area contributed by atoms with Crippen molar-refractivity contribution >= 4 is 34.7 Å². The molecule has 1 aromatic heterocycles. The summed E-state index contributed by atoms with van der Waals surface area (Å²) in [5, 5.41) is 17.1. The Hall–Kier alpha value is -3.60. The summed E-state index contributed by atoms with van der Waals surface area (Å²) < 4.78 is 33.2. The molecular weight excluding hydrogens is 734 g/mol. The Morgan fingerprint density at radius 3 is 2.42 bits per heavy atom. The zero-order valence-electron chi connectivity index (χ0n) is 35.5. The first-order valence-electron chi connectivity index (χ1n) is 20.4. The van der Waals surface area contributed by atoms with E-state index in [-0.39, 0.29) is 30.9 Å². The van der Waals surface area contributed by atoms with E-state index in [0.717, 1.165) is 10.9 Å². The molecule has 1 unspecified atom stereocenters. The number of aliphatic hydroxyl groups is 1. The van der Waals surface area contributed by atoms with E-state index >= 15 is 0 Å². The van der Waals surface area contributed by atoms with Crippen molar-refractivity contribution in [2.45, 2.75) is 148 Å². The van der Waals surface area contributed by atoms with E-state index < -0.39 is 83.5 Å². The number of aryl methyl sites for hydroxylation is 1. The molecule has 13 atom stereocenters. The second-order valence-electron chi connectivity index (χ2n) is 17.0. The Bertz CT molecular complexity index is 1740. The van der Waals surface area contributed by atoms with Gasteiger partial charge in [0, 0.05) is 49.8 Å². The van der Waals surface area contributed by atoms with Gasteiger partial charge in [0.15, 0.2) is 17.7 Å². The minimum absolute atomic E-state index is 0.101. The van der Waals surface area contributed by atoms with Gasteiger partial charge in [-0.15, -0.1) is 0 Å². The predicted octanol–water partition coefficient (Wildman–Crippen LogP) is 4.04. The van der Waals surface area contributed by atoms with Gasteiger partial charge in [-0.05, 0) is 91.9 Å².